The van der Waals surface area contributed by atoms with Gasteiger partial charge in [-0.3, -0.25) is 4.79 Å². The molecule has 0 spiro atoms. The smallest absolute Gasteiger partial charge is 0.433 e. The fraction of sp³-hybridized carbons (Fsp3) is 0.118. The monoisotopic (exact) mass is 447 g/mol. The van der Waals surface area contributed by atoms with Crippen LogP contribution in [0.15, 0.2) is 52.2 Å². The average molecular weight is 448 g/mol. The molecule has 0 atom stereocenters. The minimum absolute atomic E-state index is 0.0341. The number of anilines is 1. The number of halogens is 5. The van der Waals surface area contributed by atoms with E-state index in [4.69, 9.17) is 27.6 Å². The van der Waals surface area contributed by atoms with Gasteiger partial charge in [-0.05, 0) is 30.3 Å². The zero-order chi connectivity index (χ0) is 20.3. The van der Waals surface area contributed by atoms with Crippen molar-refractivity contribution in [3.05, 3.63) is 58.4 Å². The van der Waals surface area contributed by atoms with Crippen molar-refractivity contribution in [2.24, 2.45) is 0 Å². The van der Waals surface area contributed by atoms with E-state index in [1.165, 1.54) is 18.4 Å². The quantitative estimate of drug-likeness (QED) is 0.395. The molecule has 0 fully saturated rings. The number of hydrogen-bond donors (Lipinski definition) is 1. The Morgan fingerprint density at radius 3 is 2.64 bits per heavy atom. The summed E-state index contributed by atoms with van der Waals surface area (Å²) < 4.78 is 44.5. The minimum atomic E-state index is -4.67. The third-order valence-electron chi connectivity index (χ3n) is 3.33. The molecule has 0 aliphatic heterocycles. The second kappa shape index (κ2) is 8.42. The second-order valence-corrected chi connectivity index (χ2v) is 7.06. The molecule has 146 valence electrons. The lowest BCUT2D eigenvalue weighted by molar-refractivity contribution is -0.141. The number of carbonyl (C=O) groups is 1. The predicted molar refractivity (Wildman–Crippen MR) is 101 cm³/mol. The molecule has 0 bridgehead atoms. The highest BCUT2D eigenvalue weighted by Crippen LogP contribution is 2.32. The van der Waals surface area contributed by atoms with Crippen LogP contribution in [0.25, 0.3) is 11.5 Å². The van der Waals surface area contributed by atoms with Crippen LogP contribution >= 0.6 is 35.0 Å². The molecule has 1 amide bonds. The van der Waals surface area contributed by atoms with Gasteiger partial charge in [-0.15, -0.1) is 0 Å². The SMILES string of the molecule is O=C(CSc1nc(-c2ccco2)cc(C(F)(F)F)n1)Nc1cccc(Cl)c1Cl. The molecule has 0 aliphatic carbocycles. The standard InChI is InChI=1S/C17H10Cl2F3N3O2S/c18-9-3-1-4-10(15(9)19)23-14(26)8-28-16-24-11(12-5-2-6-27-12)7-13(25-16)17(20,21)22/h1-7H,8H2,(H,23,26). The number of carbonyl (C=O) groups excluding carboxylic acids is 1. The van der Waals surface area contributed by atoms with Gasteiger partial charge in [0, 0.05) is 0 Å². The van der Waals surface area contributed by atoms with E-state index >= 15 is 0 Å². The summed E-state index contributed by atoms with van der Waals surface area (Å²) in [4.78, 5) is 19.6. The van der Waals surface area contributed by atoms with E-state index in [1.807, 2.05) is 0 Å². The van der Waals surface area contributed by atoms with E-state index in [0.29, 0.717) is 5.69 Å². The maximum Gasteiger partial charge on any atom is 0.433 e. The number of nitrogens with zero attached hydrogens (tertiary/aromatic N) is 2. The van der Waals surface area contributed by atoms with Gasteiger partial charge in [0.25, 0.3) is 0 Å². The Balaban J connectivity index is 1.77. The molecule has 3 rings (SSSR count). The van der Waals surface area contributed by atoms with Gasteiger partial charge < -0.3 is 9.73 Å². The van der Waals surface area contributed by atoms with Gasteiger partial charge in [-0.25, -0.2) is 9.97 Å². The molecule has 0 saturated heterocycles. The number of aromatic nitrogens is 2. The normalized spacial score (nSPS) is 11.5. The van der Waals surface area contributed by atoms with Gasteiger partial charge in [0.05, 0.1) is 27.7 Å². The zero-order valence-electron chi connectivity index (χ0n) is 13.8. The van der Waals surface area contributed by atoms with Gasteiger partial charge in [0.15, 0.2) is 10.9 Å². The Kier molecular flexibility index (Phi) is 6.17. The highest BCUT2D eigenvalue weighted by atomic mass is 35.5. The molecule has 0 saturated carbocycles. The van der Waals surface area contributed by atoms with Crippen LogP contribution in [0.4, 0.5) is 18.9 Å². The van der Waals surface area contributed by atoms with E-state index < -0.39 is 17.8 Å². The summed E-state index contributed by atoms with van der Waals surface area (Å²) in [6, 6.07) is 8.50. The van der Waals surface area contributed by atoms with Crippen molar-refractivity contribution in [2.45, 2.75) is 11.3 Å². The number of furan rings is 1. The molecular formula is C17H10Cl2F3N3O2S. The third kappa shape index (κ3) is 4.98. The van der Waals surface area contributed by atoms with Crippen molar-refractivity contribution in [1.82, 2.24) is 9.97 Å². The van der Waals surface area contributed by atoms with Gasteiger partial charge in [0.2, 0.25) is 5.91 Å². The Bertz CT molecular complexity index is 998. The number of alkyl halides is 3. The van der Waals surface area contributed by atoms with Crippen LogP contribution in [0.5, 0.6) is 0 Å². The average Bonchev–Trinajstić information content (AvgIpc) is 3.18. The van der Waals surface area contributed by atoms with Crippen molar-refractivity contribution in [3.63, 3.8) is 0 Å². The number of thioether (sulfide) groups is 1. The Morgan fingerprint density at radius 2 is 1.96 bits per heavy atom. The molecule has 0 radical (unpaired) electrons. The lowest BCUT2D eigenvalue weighted by atomic mass is 10.2. The van der Waals surface area contributed by atoms with Crippen LogP contribution < -0.4 is 5.32 Å². The van der Waals surface area contributed by atoms with E-state index in [0.717, 1.165) is 17.8 Å². The number of rotatable bonds is 5. The van der Waals surface area contributed by atoms with Crippen LogP contribution in [0, 0.1) is 0 Å². The molecule has 5 nitrogen and oxygen atoms in total. The van der Waals surface area contributed by atoms with E-state index in [-0.39, 0.29) is 32.4 Å². The Morgan fingerprint density at radius 1 is 1.18 bits per heavy atom. The molecule has 3 aromatic rings. The minimum Gasteiger partial charge on any atom is -0.463 e. The topological polar surface area (TPSA) is 68.0 Å². The molecule has 2 heterocycles. The molecule has 2 aromatic heterocycles. The highest BCUT2D eigenvalue weighted by Gasteiger charge is 2.34. The second-order valence-electron chi connectivity index (χ2n) is 5.33. The van der Waals surface area contributed by atoms with E-state index in [1.54, 1.807) is 18.2 Å². The first-order chi connectivity index (χ1) is 13.2. The number of amides is 1. The molecule has 28 heavy (non-hydrogen) atoms. The van der Waals surface area contributed by atoms with E-state index in [2.05, 4.69) is 15.3 Å². The van der Waals surface area contributed by atoms with Crippen LogP contribution in [-0.4, -0.2) is 21.6 Å². The maximum atomic E-state index is 13.1. The van der Waals surface area contributed by atoms with Crippen molar-refractivity contribution in [3.8, 4) is 11.5 Å². The first-order valence-electron chi connectivity index (χ1n) is 7.61. The predicted octanol–water partition coefficient (Wildman–Crippen LogP) is 5.79. The number of nitrogens with one attached hydrogen (secondary N) is 1. The summed E-state index contributed by atoms with van der Waals surface area (Å²) >= 11 is 12.6. The van der Waals surface area contributed by atoms with Crippen LogP contribution in [0.2, 0.25) is 10.0 Å². The van der Waals surface area contributed by atoms with Crippen molar-refractivity contribution in [2.75, 3.05) is 11.1 Å². The van der Waals surface area contributed by atoms with Gasteiger partial charge >= 0.3 is 6.18 Å². The number of hydrogen-bond acceptors (Lipinski definition) is 5. The summed E-state index contributed by atoms with van der Waals surface area (Å²) in [5.41, 5.74) is -0.871. The van der Waals surface area contributed by atoms with Crippen molar-refractivity contribution in [1.29, 1.82) is 0 Å². The Hall–Kier alpha value is -2.23. The van der Waals surface area contributed by atoms with Crippen molar-refractivity contribution >= 4 is 46.6 Å². The third-order valence-corrected chi connectivity index (χ3v) is 4.99. The first kappa shape index (κ1) is 20.5. The maximum absolute atomic E-state index is 13.1. The first-order valence-corrected chi connectivity index (χ1v) is 9.35. The Labute approximate surface area is 171 Å². The summed E-state index contributed by atoms with van der Waals surface area (Å²) in [7, 11) is 0. The van der Waals surface area contributed by atoms with Crippen LogP contribution in [0.1, 0.15) is 5.69 Å². The van der Waals surface area contributed by atoms with Gasteiger partial charge in [-0.2, -0.15) is 13.2 Å². The summed E-state index contributed by atoms with van der Waals surface area (Å²) in [5.74, 6) is -0.582. The van der Waals surface area contributed by atoms with Crippen LogP contribution in [-0.2, 0) is 11.0 Å². The molecule has 0 unspecified atom stereocenters. The van der Waals surface area contributed by atoms with Gasteiger partial charge in [0.1, 0.15) is 11.4 Å². The molecule has 1 N–H and O–H groups in total. The summed E-state index contributed by atoms with van der Waals surface area (Å²) in [5, 5.41) is 2.75. The lowest BCUT2D eigenvalue weighted by Crippen LogP contribution is -2.15. The van der Waals surface area contributed by atoms with Gasteiger partial charge in [-0.1, -0.05) is 41.0 Å². The largest absolute Gasteiger partial charge is 0.463 e. The fourth-order valence-electron chi connectivity index (χ4n) is 2.10. The molecule has 1 aromatic carbocycles. The zero-order valence-corrected chi connectivity index (χ0v) is 16.1. The fourth-order valence-corrected chi connectivity index (χ4v) is 3.11. The lowest BCUT2D eigenvalue weighted by Gasteiger charge is -2.10. The molecule has 0 aliphatic rings. The molecular weight excluding hydrogens is 438 g/mol. The number of benzene rings is 1. The van der Waals surface area contributed by atoms with Crippen molar-refractivity contribution < 1.29 is 22.4 Å². The highest BCUT2D eigenvalue weighted by molar-refractivity contribution is 7.99. The summed E-state index contributed by atoms with van der Waals surface area (Å²) in [6.45, 7) is 0. The van der Waals surface area contributed by atoms with Crippen LogP contribution in [0.3, 0.4) is 0 Å². The molecule has 11 heteroatoms. The van der Waals surface area contributed by atoms with E-state index in [9.17, 15) is 18.0 Å². The summed E-state index contributed by atoms with van der Waals surface area (Å²) in [6.07, 6.45) is -3.35.